The highest BCUT2D eigenvalue weighted by molar-refractivity contribution is 6.31. The Balaban J connectivity index is 1.75. The summed E-state index contributed by atoms with van der Waals surface area (Å²) in [5.74, 6) is 0.698. The van der Waals surface area contributed by atoms with Gasteiger partial charge in [0.2, 0.25) is 11.9 Å². The van der Waals surface area contributed by atoms with Crippen molar-refractivity contribution in [2.24, 2.45) is 0 Å². The lowest BCUT2D eigenvalue weighted by atomic mass is 10.2. The Morgan fingerprint density at radius 1 is 1.52 bits per heavy atom. The van der Waals surface area contributed by atoms with Gasteiger partial charge in [0, 0.05) is 5.02 Å². The Bertz CT molecular complexity index is 789. The second-order valence-electron chi connectivity index (χ2n) is 5.03. The number of hydrogen-bond donors (Lipinski definition) is 2. The molecule has 23 heavy (non-hydrogen) atoms. The normalized spacial score (nSPS) is 16.0. The smallest absolute Gasteiger partial charge is 0.252 e. The fourth-order valence-electron chi connectivity index (χ4n) is 2.37. The van der Waals surface area contributed by atoms with Crippen LogP contribution in [0, 0.1) is 6.92 Å². The lowest BCUT2D eigenvalue weighted by Gasteiger charge is -2.12. The number of halogens is 1. The molecule has 2 N–H and O–H groups in total. The number of carbonyl (C=O) groups is 2. The van der Waals surface area contributed by atoms with Crippen molar-refractivity contribution in [1.82, 2.24) is 14.8 Å². The molecule has 1 aliphatic heterocycles. The van der Waals surface area contributed by atoms with Crippen LogP contribution in [-0.4, -0.2) is 33.7 Å². The van der Waals surface area contributed by atoms with Gasteiger partial charge in [0.25, 0.3) is 5.91 Å². The van der Waals surface area contributed by atoms with Crippen LogP contribution in [0.5, 0.6) is 5.75 Å². The number of anilines is 2. The predicted molar refractivity (Wildman–Crippen MR) is 83.7 cm³/mol. The van der Waals surface area contributed by atoms with Crippen LogP contribution < -0.4 is 15.4 Å². The van der Waals surface area contributed by atoms with Crippen LogP contribution in [0.15, 0.2) is 18.2 Å². The molecule has 0 spiro atoms. The largest absolute Gasteiger partial charge is 0.495 e. The highest BCUT2D eigenvalue weighted by Gasteiger charge is 2.34. The maximum Gasteiger partial charge on any atom is 0.252 e. The molecule has 0 bridgehead atoms. The van der Waals surface area contributed by atoms with E-state index in [0.717, 1.165) is 0 Å². The van der Waals surface area contributed by atoms with E-state index in [1.165, 1.54) is 11.8 Å². The Morgan fingerprint density at radius 2 is 2.30 bits per heavy atom. The van der Waals surface area contributed by atoms with Crippen molar-refractivity contribution in [3.8, 4) is 5.75 Å². The van der Waals surface area contributed by atoms with Crippen LogP contribution in [0.4, 0.5) is 11.6 Å². The van der Waals surface area contributed by atoms with Crippen molar-refractivity contribution in [3.05, 3.63) is 29.0 Å². The Labute approximate surface area is 136 Å². The number of carbonyl (C=O) groups excluding carboxylic acids is 2. The highest BCUT2D eigenvalue weighted by atomic mass is 35.5. The van der Waals surface area contributed by atoms with Crippen LogP contribution in [-0.2, 0) is 9.59 Å². The summed E-state index contributed by atoms with van der Waals surface area (Å²) in [6, 6.07) is 4.17. The molecule has 1 aromatic carbocycles. The number of methoxy groups -OCH3 is 1. The van der Waals surface area contributed by atoms with Gasteiger partial charge in [-0.25, -0.2) is 4.68 Å². The fraction of sp³-hybridized carbons (Fsp3) is 0.286. The van der Waals surface area contributed by atoms with Gasteiger partial charge < -0.3 is 10.1 Å². The third-order valence-electron chi connectivity index (χ3n) is 3.38. The average molecular weight is 336 g/mol. The van der Waals surface area contributed by atoms with E-state index in [1.54, 1.807) is 25.1 Å². The molecule has 0 unspecified atom stereocenters. The maximum absolute atomic E-state index is 12.3. The summed E-state index contributed by atoms with van der Waals surface area (Å²) in [5.41, 5.74) is 0.443. The lowest BCUT2D eigenvalue weighted by molar-refractivity contribution is -0.123. The third-order valence-corrected chi connectivity index (χ3v) is 3.62. The molecule has 0 saturated heterocycles. The summed E-state index contributed by atoms with van der Waals surface area (Å²) in [4.78, 5) is 28.3. The molecule has 0 saturated carbocycles. The van der Waals surface area contributed by atoms with Crippen molar-refractivity contribution in [2.75, 3.05) is 17.7 Å². The molecule has 3 rings (SSSR count). The first kappa shape index (κ1) is 15.3. The molecule has 9 heteroatoms. The molecule has 2 heterocycles. The van der Waals surface area contributed by atoms with Gasteiger partial charge in [0.15, 0.2) is 0 Å². The van der Waals surface area contributed by atoms with E-state index < -0.39 is 6.04 Å². The lowest BCUT2D eigenvalue weighted by Crippen LogP contribution is -2.24. The standard InChI is InChI=1S/C14H14ClN5O3/c1-7-16-14-18-13(22)10(20(14)19-7)6-12(21)17-9-5-8(15)3-4-11(9)23-2/h3-5,10H,6H2,1-2H3,(H,17,21)(H,16,18,19,22)/t10-/m1/s1. The van der Waals surface area contributed by atoms with Gasteiger partial charge in [-0.1, -0.05) is 11.6 Å². The van der Waals surface area contributed by atoms with Crippen LogP contribution in [0.1, 0.15) is 18.3 Å². The molecule has 1 aromatic heterocycles. The topological polar surface area (TPSA) is 98.1 Å². The zero-order chi connectivity index (χ0) is 16.6. The molecule has 1 atom stereocenters. The minimum atomic E-state index is -0.726. The number of aryl methyl sites for hydroxylation is 1. The fourth-order valence-corrected chi connectivity index (χ4v) is 2.54. The highest BCUT2D eigenvalue weighted by Crippen LogP contribution is 2.29. The summed E-state index contributed by atoms with van der Waals surface area (Å²) < 4.78 is 6.59. The molecule has 0 fully saturated rings. The van der Waals surface area contributed by atoms with Gasteiger partial charge in [0.1, 0.15) is 17.6 Å². The van der Waals surface area contributed by atoms with Crippen molar-refractivity contribution >= 4 is 35.1 Å². The summed E-state index contributed by atoms with van der Waals surface area (Å²) in [6.45, 7) is 1.71. The summed E-state index contributed by atoms with van der Waals surface area (Å²) >= 11 is 5.93. The first-order valence-electron chi connectivity index (χ1n) is 6.85. The number of aromatic nitrogens is 3. The third kappa shape index (κ3) is 2.98. The molecule has 8 nitrogen and oxygen atoms in total. The first-order chi connectivity index (χ1) is 11.0. The zero-order valence-corrected chi connectivity index (χ0v) is 13.2. The van der Waals surface area contributed by atoms with E-state index in [9.17, 15) is 9.59 Å². The Morgan fingerprint density at radius 3 is 3.04 bits per heavy atom. The molecule has 120 valence electrons. The number of amides is 2. The minimum Gasteiger partial charge on any atom is -0.495 e. The monoisotopic (exact) mass is 335 g/mol. The number of ether oxygens (including phenoxy) is 1. The van der Waals surface area contributed by atoms with Crippen LogP contribution in [0.2, 0.25) is 5.02 Å². The number of fused-ring (bicyclic) bond motifs is 1. The molecule has 1 aliphatic rings. The van der Waals surface area contributed by atoms with Crippen molar-refractivity contribution in [3.63, 3.8) is 0 Å². The molecule has 2 amide bonds. The summed E-state index contributed by atoms with van der Waals surface area (Å²) in [7, 11) is 1.49. The van der Waals surface area contributed by atoms with Crippen molar-refractivity contribution < 1.29 is 14.3 Å². The van der Waals surface area contributed by atoms with Gasteiger partial charge >= 0.3 is 0 Å². The second-order valence-corrected chi connectivity index (χ2v) is 5.47. The van der Waals surface area contributed by atoms with Crippen molar-refractivity contribution in [2.45, 2.75) is 19.4 Å². The maximum atomic E-state index is 12.3. The van der Waals surface area contributed by atoms with Crippen LogP contribution in [0.25, 0.3) is 0 Å². The summed E-state index contributed by atoms with van der Waals surface area (Å²) in [6.07, 6.45) is -0.0721. The van der Waals surface area contributed by atoms with Gasteiger partial charge in [-0.15, -0.1) is 0 Å². The Hall–Kier alpha value is -2.61. The van der Waals surface area contributed by atoms with Gasteiger partial charge in [-0.05, 0) is 25.1 Å². The van der Waals surface area contributed by atoms with E-state index in [0.29, 0.717) is 28.2 Å². The number of hydrogen-bond acceptors (Lipinski definition) is 5. The summed E-state index contributed by atoms with van der Waals surface area (Å²) in [5, 5.41) is 9.89. The van der Waals surface area contributed by atoms with E-state index in [4.69, 9.17) is 16.3 Å². The molecule has 0 aliphatic carbocycles. The predicted octanol–water partition coefficient (Wildman–Crippen LogP) is 1.77. The number of rotatable bonds is 4. The zero-order valence-electron chi connectivity index (χ0n) is 12.5. The second kappa shape index (κ2) is 5.88. The number of nitrogens with zero attached hydrogens (tertiary/aromatic N) is 3. The molecular weight excluding hydrogens is 322 g/mol. The average Bonchev–Trinajstić information content (AvgIpc) is 2.97. The molecule has 2 aromatic rings. The van der Waals surface area contributed by atoms with E-state index in [-0.39, 0.29) is 18.2 Å². The minimum absolute atomic E-state index is 0.0721. The van der Waals surface area contributed by atoms with Crippen LogP contribution >= 0.6 is 11.6 Å². The van der Waals surface area contributed by atoms with E-state index in [2.05, 4.69) is 20.7 Å². The first-order valence-corrected chi connectivity index (χ1v) is 7.23. The number of nitrogens with one attached hydrogen (secondary N) is 2. The molecular formula is C14H14ClN5O3. The van der Waals surface area contributed by atoms with Gasteiger partial charge in [-0.3, -0.25) is 14.9 Å². The van der Waals surface area contributed by atoms with Gasteiger partial charge in [-0.2, -0.15) is 10.1 Å². The van der Waals surface area contributed by atoms with Crippen molar-refractivity contribution in [1.29, 1.82) is 0 Å². The van der Waals surface area contributed by atoms with E-state index >= 15 is 0 Å². The van der Waals surface area contributed by atoms with E-state index in [1.807, 2.05) is 0 Å². The quantitative estimate of drug-likeness (QED) is 0.887. The Kier molecular flexibility index (Phi) is 3.91. The molecule has 0 radical (unpaired) electrons. The van der Waals surface area contributed by atoms with Gasteiger partial charge in [0.05, 0.1) is 19.2 Å². The van der Waals surface area contributed by atoms with Crippen LogP contribution in [0.3, 0.4) is 0 Å². The number of benzene rings is 1. The SMILES string of the molecule is COc1ccc(Cl)cc1NC(=O)C[C@@H]1C(=O)Nc2nc(C)nn21.